The van der Waals surface area contributed by atoms with Gasteiger partial charge in [0.15, 0.2) is 0 Å². The molecule has 4 atom stereocenters. The van der Waals surface area contributed by atoms with Crippen LogP contribution in [0.1, 0.15) is 10.4 Å². The molecule has 1 aromatic carbocycles. The number of rotatable bonds is 7. The molecule has 1 heterocycles. The average Bonchev–Trinajstić information content (AvgIpc) is 2.78. The van der Waals surface area contributed by atoms with E-state index in [0.29, 0.717) is 5.69 Å². The molecule has 1 fully saturated rings. The van der Waals surface area contributed by atoms with Crippen molar-refractivity contribution in [1.82, 2.24) is 0 Å². The van der Waals surface area contributed by atoms with Crippen LogP contribution in [0.4, 0.5) is 5.69 Å². The van der Waals surface area contributed by atoms with Crippen LogP contribution < -0.4 is 5.32 Å². The highest BCUT2D eigenvalue weighted by Gasteiger charge is 2.43. The fourth-order valence-corrected chi connectivity index (χ4v) is 2.62. The number of ether oxygens (including phenoxy) is 1. The lowest BCUT2D eigenvalue weighted by atomic mass is 10.1. The van der Waals surface area contributed by atoms with Crippen LogP contribution in [0.15, 0.2) is 24.3 Å². The van der Waals surface area contributed by atoms with Gasteiger partial charge in [0.2, 0.25) is 0 Å². The first kappa shape index (κ1) is 18.8. The third kappa shape index (κ3) is 4.99. The van der Waals surface area contributed by atoms with Gasteiger partial charge < -0.3 is 35.2 Å². The van der Waals surface area contributed by atoms with Crippen molar-refractivity contribution in [3.8, 4) is 0 Å². The lowest BCUT2D eigenvalue weighted by Gasteiger charge is -2.16. The van der Waals surface area contributed by atoms with Crippen molar-refractivity contribution < 1.29 is 43.7 Å². The van der Waals surface area contributed by atoms with E-state index >= 15 is 0 Å². The predicted molar refractivity (Wildman–Crippen MR) is 80.6 cm³/mol. The number of phosphoric ester groups is 1. The second kappa shape index (κ2) is 7.58. The Balaban J connectivity index is 1.92. The van der Waals surface area contributed by atoms with E-state index in [-0.39, 0.29) is 12.1 Å². The monoisotopic (exact) mass is 363 g/mol. The third-order valence-corrected chi connectivity index (χ3v) is 3.97. The van der Waals surface area contributed by atoms with Crippen LogP contribution in [-0.4, -0.2) is 68.6 Å². The smallest absolute Gasteiger partial charge is 0.469 e. The van der Waals surface area contributed by atoms with Gasteiger partial charge >= 0.3 is 13.8 Å². The molecule has 0 amide bonds. The van der Waals surface area contributed by atoms with E-state index in [1.54, 1.807) is 12.1 Å². The number of hydrogen-bond donors (Lipinski definition) is 6. The number of nitrogens with one attached hydrogen (secondary N) is 1. The third-order valence-electron chi connectivity index (χ3n) is 3.49. The molecule has 1 saturated heterocycles. The molecule has 0 radical (unpaired) electrons. The number of benzene rings is 1. The molecule has 0 aliphatic carbocycles. The summed E-state index contributed by atoms with van der Waals surface area (Å²) < 4.78 is 20.3. The maximum Gasteiger partial charge on any atom is 0.469 e. The lowest BCUT2D eigenvalue weighted by molar-refractivity contribution is -0.0181. The summed E-state index contributed by atoms with van der Waals surface area (Å²) in [7, 11) is -4.71. The molecule has 1 aliphatic heterocycles. The van der Waals surface area contributed by atoms with Crippen molar-refractivity contribution in [1.29, 1.82) is 0 Å². The van der Waals surface area contributed by atoms with E-state index in [9.17, 15) is 19.6 Å². The highest BCUT2D eigenvalue weighted by atomic mass is 31.2. The minimum Gasteiger partial charge on any atom is -0.478 e. The second-order valence-electron chi connectivity index (χ2n) is 5.25. The Bertz CT molecular complexity index is 634. The summed E-state index contributed by atoms with van der Waals surface area (Å²) in [6, 6.07) is 5.99. The van der Waals surface area contributed by atoms with Crippen molar-refractivity contribution in [3.63, 3.8) is 0 Å². The Hall–Kier alpha value is -1.52. The van der Waals surface area contributed by atoms with Gasteiger partial charge in [-0.05, 0) is 18.2 Å². The van der Waals surface area contributed by atoms with Crippen LogP contribution in [0.2, 0.25) is 0 Å². The summed E-state index contributed by atoms with van der Waals surface area (Å²) >= 11 is 0. The van der Waals surface area contributed by atoms with Gasteiger partial charge in [0, 0.05) is 12.2 Å². The molecule has 0 spiro atoms. The highest BCUT2D eigenvalue weighted by molar-refractivity contribution is 7.46. The number of carboxylic acid groups (broad SMARTS) is 1. The summed E-state index contributed by atoms with van der Waals surface area (Å²) in [4.78, 5) is 28.2. The lowest BCUT2D eigenvalue weighted by Crippen LogP contribution is -2.36. The van der Waals surface area contributed by atoms with E-state index in [0.717, 1.165) is 0 Å². The first-order chi connectivity index (χ1) is 11.2. The number of aliphatic hydroxyl groups is 2. The Morgan fingerprint density at radius 2 is 1.92 bits per heavy atom. The molecule has 2 rings (SSSR count). The van der Waals surface area contributed by atoms with Gasteiger partial charge in [0.25, 0.3) is 0 Å². The zero-order valence-corrected chi connectivity index (χ0v) is 13.2. The molecule has 0 saturated carbocycles. The van der Waals surface area contributed by atoms with E-state index < -0.39 is 44.8 Å². The Labute approximate surface area is 136 Å². The minimum atomic E-state index is -4.71. The summed E-state index contributed by atoms with van der Waals surface area (Å²) in [6.45, 7) is -0.527. The number of carboxylic acids is 1. The van der Waals surface area contributed by atoms with E-state index in [2.05, 4.69) is 9.84 Å². The van der Waals surface area contributed by atoms with Crippen molar-refractivity contribution in [3.05, 3.63) is 29.8 Å². The van der Waals surface area contributed by atoms with Gasteiger partial charge in [-0.3, -0.25) is 4.52 Å². The van der Waals surface area contributed by atoms with Crippen molar-refractivity contribution in [2.75, 3.05) is 18.5 Å². The van der Waals surface area contributed by atoms with Gasteiger partial charge in [-0.2, -0.15) is 0 Å². The molecular weight excluding hydrogens is 345 g/mol. The number of aromatic carboxylic acids is 1. The van der Waals surface area contributed by atoms with Crippen molar-refractivity contribution in [2.45, 2.75) is 24.4 Å². The largest absolute Gasteiger partial charge is 0.478 e. The first-order valence-corrected chi connectivity index (χ1v) is 8.49. The Morgan fingerprint density at radius 1 is 1.25 bits per heavy atom. The van der Waals surface area contributed by atoms with Crippen molar-refractivity contribution >= 4 is 19.5 Å². The molecule has 134 valence electrons. The van der Waals surface area contributed by atoms with Crippen LogP contribution in [0.5, 0.6) is 0 Å². The number of phosphoric acid groups is 1. The van der Waals surface area contributed by atoms with Crippen LogP contribution in [0.25, 0.3) is 0 Å². The van der Waals surface area contributed by atoms with E-state index in [1.165, 1.54) is 12.1 Å². The fourth-order valence-electron chi connectivity index (χ4n) is 2.28. The van der Waals surface area contributed by atoms with Gasteiger partial charge in [-0.25, -0.2) is 9.36 Å². The standard InChI is InChI=1S/C13H18NO9P/c15-11-9(23-10(12(11)16)6-22-24(19,20)21)5-14-8-3-1-2-7(4-8)13(17)18/h1-4,9-12,14-16H,5-6H2,(H,17,18)(H2,19,20,21)/t9-,10-,11+,12-/m1/s1. The van der Waals surface area contributed by atoms with Crippen LogP contribution >= 0.6 is 7.82 Å². The molecule has 1 aliphatic rings. The maximum atomic E-state index is 10.9. The normalized spacial score (nSPS) is 27.2. The molecule has 1 aromatic rings. The molecule has 0 aromatic heterocycles. The van der Waals surface area contributed by atoms with Gasteiger partial charge in [0.1, 0.15) is 24.4 Å². The first-order valence-electron chi connectivity index (χ1n) is 6.96. The number of carbonyl (C=O) groups is 1. The summed E-state index contributed by atoms with van der Waals surface area (Å²) in [5.41, 5.74) is 0.566. The summed E-state index contributed by atoms with van der Waals surface area (Å²) in [6.07, 6.45) is -4.61. The average molecular weight is 363 g/mol. The molecule has 11 heteroatoms. The molecule has 10 nitrogen and oxygen atoms in total. The quantitative estimate of drug-likeness (QED) is 0.344. The molecule has 6 N–H and O–H groups in total. The SMILES string of the molecule is O=C(O)c1cccc(NC[C@H]2O[C@H](COP(=O)(O)O)[C@@H](O)[C@H]2O)c1. The van der Waals surface area contributed by atoms with E-state index in [4.69, 9.17) is 19.6 Å². The molecule has 0 unspecified atom stereocenters. The Morgan fingerprint density at radius 3 is 2.54 bits per heavy atom. The van der Waals surface area contributed by atoms with Crippen LogP contribution in [0.3, 0.4) is 0 Å². The topological polar surface area (TPSA) is 166 Å². The highest BCUT2D eigenvalue weighted by Crippen LogP contribution is 2.37. The molecule has 0 bridgehead atoms. The summed E-state index contributed by atoms with van der Waals surface area (Å²) in [5, 5.41) is 31.5. The van der Waals surface area contributed by atoms with Crippen molar-refractivity contribution in [2.24, 2.45) is 0 Å². The Kier molecular flexibility index (Phi) is 5.94. The number of hydrogen-bond acceptors (Lipinski definition) is 7. The van der Waals surface area contributed by atoms with Gasteiger partial charge in [-0.1, -0.05) is 6.07 Å². The fraction of sp³-hybridized carbons (Fsp3) is 0.462. The van der Waals surface area contributed by atoms with Gasteiger partial charge in [-0.15, -0.1) is 0 Å². The van der Waals surface area contributed by atoms with Crippen LogP contribution in [0, 0.1) is 0 Å². The molecule has 24 heavy (non-hydrogen) atoms. The maximum absolute atomic E-state index is 10.9. The second-order valence-corrected chi connectivity index (χ2v) is 6.49. The predicted octanol–water partition coefficient (Wildman–Crippen LogP) is -0.605. The van der Waals surface area contributed by atoms with Gasteiger partial charge in [0.05, 0.1) is 12.2 Å². The molecular formula is C13H18NO9P. The zero-order valence-electron chi connectivity index (χ0n) is 12.3. The number of aliphatic hydroxyl groups excluding tert-OH is 2. The van der Waals surface area contributed by atoms with E-state index in [1.807, 2.05) is 0 Å². The minimum absolute atomic E-state index is 0.0493. The summed E-state index contributed by atoms with van der Waals surface area (Å²) in [5.74, 6) is -1.08. The van der Waals surface area contributed by atoms with Crippen LogP contribution in [-0.2, 0) is 13.8 Å². The zero-order chi connectivity index (χ0) is 17.9. The number of anilines is 1.